The van der Waals surface area contributed by atoms with Crippen LogP contribution in [-0.2, 0) is 17.6 Å². The Morgan fingerprint density at radius 2 is 2.15 bits per heavy atom. The minimum Gasteiger partial charge on any atom is -0.317 e. The molecule has 0 fully saturated rings. The number of nitrogens with zero attached hydrogens (tertiary/aromatic N) is 3. The SMILES string of the molecule is Cc1nnc(SCCC(=O)Nc2sc3c(c2C#N)CCC(C(C)(C)C)C3)s1. The van der Waals surface area contributed by atoms with Crippen LogP contribution in [0.3, 0.4) is 0 Å². The van der Waals surface area contributed by atoms with Crippen LogP contribution in [0.1, 0.15) is 54.6 Å². The van der Waals surface area contributed by atoms with Crippen molar-refractivity contribution in [1.82, 2.24) is 10.2 Å². The molecule has 0 saturated heterocycles. The van der Waals surface area contributed by atoms with E-state index in [9.17, 15) is 10.1 Å². The molecule has 5 nitrogen and oxygen atoms in total. The highest BCUT2D eigenvalue weighted by atomic mass is 32.2. The van der Waals surface area contributed by atoms with Gasteiger partial charge in [-0.15, -0.1) is 21.5 Å². The molecule has 144 valence electrons. The average Bonchev–Trinajstić information content (AvgIpc) is 3.15. The fraction of sp³-hybridized carbons (Fsp3) is 0.579. The lowest BCUT2D eigenvalue weighted by atomic mass is 9.72. The largest absolute Gasteiger partial charge is 0.317 e. The molecule has 0 aliphatic heterocycles. The summed E-state index contributed by atoms with van der Waals surface area (Å²) in [4.78, 5) is 13.6. The fourth-order valence-electron chi connectivity index (χ4n) is 3.29. The van der Waals surface area contributed by atoms with Crippen molar-refractivity contribution in [2.75, 3.05) is 11.1 Å². The van der Waals surface area contributed by atoms with Crippen molar-refractivity contribution in [3.8, 4) is 6.07 Å². The molecule has 2 heterocycles. The van der Waals surface area contributed by atoms with Gasteiger partial charge >= 0.3 is 0 Å². The second-order valence-electron chi connectivity index (χ2n) is 7.86. The normalized spacial score (nSPS) is 16.6. The maximum absolute atomic E-state index is 12.4. The fourth-order valence-corrected chi connectivity index (χ4v) is 6.41. The summed E-state index contributed by atoms with van der Waals surface area (Å²) in [6.45, 7) is 8.75. The van der Waals surface area contributed by atoms with E-state index in [1.165, 1.54) is 16.2 Å². The van der Waals surface area contributed by atoms with Crippen molar-refractivity contribution in [3.05, 3.63) is 21.0 Å². The zero-order chi connectivity index (χ0) is 19.6. The van der Waals surface area contributed by atoms with Crippen LogP contribution in [0.5, 0.6) is 0 Å². The van der Waals surface area contributed by atoms with E-state index in [-0.39, 0.29) is 11.3 Å². The number of nitrogens with one attached hydrogen (secondary N) is 1. The average molecular weight is 421 g/mol. The molecule has 0 bridgehead atoms. The summed E-state index contributed by atoms with van der Waals surface area (Å²) in [5, 5.41) is 22.3. The summed E-state index contributed by atoms with van der Waals surface area (Å²) in [5.41, 5.74) is 2.08. The van der Waals surface area contributed by atoms with Gasteiger partial charge in [0.15, 0.2) is 4.34 Å². The molecule has 0 spiro atoms. The highest BCUT2D eigenvalue weighted by Gasteiger charge is 2.32. The molecule has 1 aliphatic rings. The predicted molar refractivity (Wildman–Crippen MR) is 113 cm³/mol. The highest BCUT2D eigenvalue weighted by Crippen LogP contribution is 2.44. The van der Waals surface area contributed by atoms with Crippen LogP contribution >= 0.6 is 34.4 Å². The van der Waals surface area contributed by atoms with Crippen LogP contribution in [0.4, 0.5) is 5.00 Å². The van der Waals surface area contributed by atoms with E-state index < -0.39 is 0 Å². The first-order valence-electron chi connectivity index (χ1n) is 9.05. The first-order valence-corrected chi connectivity index (χ1v) is 11.7. The predicted octanol–water partition coefficient (Wildman–Crippen LogP) is 5.05. The van der Waals surface area contributed by atoms with Gasteiger partial charge in [-0.3, -0.25) is 4.79 Å². The Balaban J connectivity index is 1.62. The number of aromatic nitrogens is 2. The Morgan fingerprint density at radius 3 is 2.78 bits per heavy atom. The monoisotopic (exact) mass is 420 g/mol. The van der Waals surface area contributed by atoms with Gasteiger partial charge < -0.3 is 5.32 Å². The number of anilines is 1. The number of carbonyl (C=O) groups excluding carboxylic acids is 1. The van der Waals surface area contributed by atoms with E-state index in [4.69, 9.17) is 0 Å². The van der Waals surface area contributed by atoms with Gasteiger partial charge in [-0.2, -0.15) is 5.26 Å². The van der Waals surface area contributed by atoms with Gasteiger partial charge in [0.05, 0.1) is 5.56 Å². The summed E-state index contributed by atoms with van der Waals surface area (Å²) in [6.07, 6.45) is 3.42. The number of amides is 1. The van der Waals surface area contributed by atoms with Gasteiger partial charge in [0, 0.05) is 17.1 Å². The minimum atomic E-state index is -0.0498. The van der Waals surface area contributed by atoms with Crippen molar-refractivity contribution in [2.24, 2.45) is 11.3 Å². The van der Waals surface area contributed by atoms with Crippen LogP contribution in [0.2, 0.25) is 0 Å². The summed E-state index contributed by atoms with van der Waals surface area (Å²) in [5.74, 6) is 1.22. The molecule has 3 rings (SSSR count). The third-order valence-corrected chi connectivity index (χ3v) is 8.06. The Morgan fingerprint density at radius 1 is 1.37 bits per heavy atom. The van der Waals surface area contributed by atoms with E-state index in [1.54, 1.807) is 23.1 Å². The molecule has 2 aromatic rings. The van der Waals surface area contributed by atoms with Crippen molar-refractivity contribution in [3.63, 3.8) is 0 Å². The number of aryl methyl sites for hydroxylation is 1. The molecule has 1 unspecified atom stereocenters. The Kier molecular flexibility index (Phi) is 6.24. The van der Waals surface area contributed by atoms with Gasteiger partial charge in [0.1, 0.15) is 16.1 Å². The summed E-state index contributed by atoms with van der Waals surface area (Å²) < 4.78 is 0.887. The molecule has 2 aromatic heterocycles. The lowest BCUT2D eigenvalue weighted by Gasteiger charge is -2.33. The van der Waals surface area contributed by atoms with Crippen molar-refractivity contribution < 1.29 is 4.79 Å². The van der Waals surface area contributed by atoms with Crippen LogP contribution in [0.15, 0.2) is 4.34 Å². The number of nitriles is 1. The molecular weight excluding hydrogens is 396 g/mol. The number of carbonyl (C=O) groups is 1. The van der Waals surface area contributed by atoms with Crippen LogP contribution < -0.4 is 5.32 Å². The van der Waals surface area contributed by atoms with Crippen LogP contribution in [0.25, 0.3) is 0 Å². The van der Waals surface area contributed by atoms with Gasteiger partial charge in [-0.1, -0.05) is 43.9 Å². The molecule has 1 atom stereocenters. The number of thioether (sulfide) groups is 1. The lowest BCUT2D eigenvalue weighted by molar-refractivity contribution is -0.115. The summed E-state index contributed by atoms with van der Waals surface area (Å²) in [6, 6.07) is 2.32. The van der Waals surface area contributed by atoms with Gasteiger partial charge in [-0.05, 0) is 43.1 Å². The molecule has 27 heavy (non-hydrogen) atoms. The molecule has 1 amide bonds. The molecule has 0 saturated carbocycles. The van der Waals surface area contributed by atoms with E-state index in [1.807, 2.05) is 6.92 Å². The summed E-state index contributed by atoms with van der Waals surface area (Å²) in [7, 11) is 0. The number of fused-ring (bicyclic) bond motifs is 1. The molecule has 1 N–H and O–H groups in total. The quantitative estimate of drug-likeness (QED) is 0.685. The Bertz CT molecular complexity index is 873. The number of hydrogen-bond acceptors (Lipinski definition) is 7. The van der Waals surface area contributed by atoms with Crippen molar-refractivity contribution in [1.29, 1.82) is 5.26 Å². The van der Waals surface area contributed by atoms with E-state index >= 15 is 0 Å². The third-order valence-electron chi connectivity index (χ3n) is 4.92. The standard InChI is InChI=1S/C19H24N4OS3/c1-11-22-23-18(26-11)25-8-7-16(24)21-17-14(10-20)13-6-5-12(19(2,3)4)9-15(13)27-17/h12H,5-9H2,1-4H3,(H,21,24). The van der Waals surface area contributed by atoms with Crippen LogP contribution in [0, 0.1) is 29.6 Å². The smallest absolute Gasteiger partial charge is 0.225 e. The van der Waals surface area contributed by atoms with E-state index in [0.717, 1.165) is 39.2 Å². The maximum Gasteiger partial charge on any atom is 0.225 e. The lowest BCUT2D eigenvalue weighted by Crippen LogP contribution is -2.26. The first-order chi connectivity index (χ1) is 12.8. The zero-order valence-corrected chi connectivity index (χ0v) is 18.5. The number of hydrogen-bond donors (Lipinski definition) is 1. The van der Waals surface area contributed by atoms with Crippen LogP contribution in [-0.4, -0.2) is 21.9 Å². The van der Waals surface area contributed by atoms with Crippen molar-refractivity contribution >= 4 is 45.3 Å². The number of thiophene rings is 1. The van der Waals surface area contributed by atoms with Gasteiger partial charge in [-0.25, -0.2) is 0 Å². The second-order valence-corrected chi connectivity index (χ2v) is 11.5. The van der Waals surface area contributed by atoms with Gasteiger partial charge in [0.25, 0.3) is 0 Å². The van der Waals surface area contributed by atoms with Gasteiger partial charge in [0.2, 0.25) is 5.91 Å². The molecule has 8 heteroatoms. The number of rotatable bonds is 5. The minimum absolute atomic E-state index is 0.0498. The Hall–Kier alpha value is -1.43. The Labute approximate surface area is 172 Å². The van der Waals surface area contributed by atoms with Crippen molar-refractivity contribution in [2.45, 2.75) is 57.7 Å². The molecule has 0 radical (unpaired) electrons. The van der Waals surface area contributed by atoms with E-state index in [2.05, 4.69) is 42.4 Å². The van der Waals surface area contributed by atoms with E-state index in [0.29, 0.717) is 23.7 Å². The second kappa shape index (κ2) is 8.29. The zero-order valence-electron chi connectivity index (χ0n) is 16.1. The molecule has 0 aromatic carbocycles. The highest BCUT2D eigenvalue weighted by molar-refractivity contribution is 8.01. The topological polar surface area (TPSA) is 78.7 Å². The molecule has 1 aliphatic carbocycles. The third kappa shape index (κ3) is 4.89. The summed E-state index contributed by atoms with van der Waals surface area (Å²) >= 11 is 4.67. The molecular formula is C19H24N4OS3. The maximum atomic E-state index is 12.4. The first kappa shape index (κ1) is 20.3.